The second-order valence-corrected chi connectivity index (χ2v) is 4.70. The van der Waals surface area contributed by atoms with Gasteiger partial charge in [-0.1, -0.05) is 18.2 Å². The van der Waals surface area contributed by atoms with Crippen LogP contribution in [0.5, 0.6) is 11.5 Å². The Kier molecular flexibility index (Phi) is 4.71. The van der Waals surface area contributed by atoms with Gasteiger partial charge in [0.2, 0.25) is 0 Å². The highest BCUT2D eigenvalue weighted by Crippen LogP contribution is 2.26. The Labute approximate surface area is 117 Å². The molecule has 2 rings (SSSR count). The molecule has 1 unspecified atom stereocenters. The fourth-order valence-electron chi connectivity index (χ4n) is 1.86. The van der Waals surface area contributed by atoms with Crippen LogP contribution in [0.25, 0.3) is 0 Å². The van der Waals surface area contributed by atoms with E-state index in [-0.39, 0.29) is 18.4 Å². The van der Waals surface area contributed by atoms with Crippen molar-refractivity contribution >= 4 is 0 Å². The van der Waals surface area contributed by atoms with Crippen molar-refractivity contribution in [2.24, 2.45) is 5.73 Å². The fraction of sp³-hybridized carbons (Fsp3) is 0.250. The van der Waals surface area contributed by atoms with E-state index in [0.29, 0.717) is 12.2 Å². The lowest BCUT2D eigenvalue weighted by atomic mass is 10.1. The van der Waals surface area contributed by atoms with Crippen LogP contribution in [0.3, 0.4) is 0 Å². The average molecular weight is 275 g/mol. The quantitative estimate of drug-likeness (QED) is 0.881. The van der Waals surface area contributed by atoms with E-state index in [0.717, 1.165) is 11.1 Å². The predicted molar refractivity (Wildman–Crippen MR) is 76.3 cm³/mol. The van der Waals surface area contributed by atoms with Crippen LogP contribution in [-0.2, 0) is 6.42 Å². The van der Waals surface area contributed by atoms with Gasteiger partial charge in [-0.2, -0.15) is 0 Å². The maximum atomic E-state index is 13.9. The van der Waals surface area contributed by atoms with Crippen molar-refractivity contribution < 1.29 is 14.2 Å². The lowest BCUT2D eigenvalue weighted by molar-refractivity contribution is 0.299. The van der Waals surface area contributed by atoms with E-state index < -0.39 is 5.82 Å². The Morgan fingerprint density at radius 2 is 1.90 bits per heavy atom. The molecule has 106 valence electrons. The van der Waals surface area contributed by atoms with Gasteiger partial charge in [0, 0.05) is 12.6 Å². The summed E-state index contributed by atoms with van der Waals surface area (Å²) in [5.41, 5.74) is 7.44. The lowest BCUT2D eigenvalue weighted by Gasteiger charge is -2.10. The molecule has 20 heavy (non-hydrogen) atoms. The molecule has 3 nitrogen and oxygen atoms in total. The maximum absolute atomic E-state index is 13.9. The van der Waals surface area contributed by atoms with Gasteiger partial charge in [0.05, 0.1) is 0 Å². The molecule has 3 N–H and O–H groups in total. The van der Waals surface area contributed by atoms with Crippen LogP contribution < -0.4 is 10.5 Å². The first kappa shape index (κ1) is 14.5. The molecule has 0 amide bonds. The van der Waals surface area contributed by atoms with E-state index >= 15 is 0 Å². The summed E-state index contributed by atoms with van der Waals surface area (Å²) < 4.78 is 19.4. The molecule has 0 radical (unpaired) electrons. The van der Waals surface area contributed by atoms with Crippen molar-refractivity contribution in [1.29, 1.82) is 0 Å². The number of aliphatic hydroxyl groups is 1. The van der Waals surface area contributed by atoms with Crippen molar-refractivity contribution in [3.8, 4) is 11.5 Å². The highest BCUT2D eigenvalue weighted by Gasteiger charge is 2.08. The topological polar surface area (TPSA) is 55.5 Å². The third-order valence-electron chi connectivity index (χ3n) is 3.03. The third kappa shape index (κ3) is 3.56. The Balaban J connectivity index is 2.13. The first-order valence-corrected chi connectivity index (χ1v) is 6.53. The summed E-state index contributed by atoms with van der Waals surface area (Å²) >= 11 is 0. The van der Waals surface area contributed by atoms with Crippen LogP contribution in [0.1, 0.15) is 24.1 Å². The monoisotopic (exact) mass is 275 g/mol. The number of ether oxygens (including phenoxy) is 1. The molecule has 0 saturated heterocycles. The molecule has 4 heteroatoms. The molecule has 0 aliphatic heterocycles. The molecule has 2 aromatic carbocycles. The van der Waals surface area contributed by atoms with Gasteiger partial charge < -0.3 is 15.6 Å². The summed E-state index contributed by atoms with van der Waals surface area (Å²) in [6, 6.07) is 11.7. The lowest BCUT2D eigenvalue weighted by Crippen LogP contribution is -2.05. The third-order valence-corrected chi connectivity index (χ3v) is 3.03. The first-order valence-electron chi connectivity index (χ1n) is 6.53. The van der Waals surface area contributed by atoms with Crippen LogP contribution >= 0.6 is 0 Å². The number of aliphatic hydroxyl groups excluding tert-OH is 1. The van der Waals surface area contributed by atoms with Crippen molar-refractivity contribution in [3.63, 3.8) is 0 Å². The molecule has 0 aromatic heterocycles. The second-order valence-electron chi connectivity index (χ2n) is 4.70. The smallest absolute Gasteiger partial charge is 0.166 e. The van der Waals surface area contributed by atoms with E-state index in [9.17, 15) is 4.39 Å². The summed E-state index contributed by atoms with van der Waals surface area (Å²) in [5.74, 6) is 0.294. The average Bonchev–Trinajstić information content (AvgIpc) is 2.43. The molecule has 0 saturated carbocycles. The van der Waals surface area contributed by atoms with E-state index in [1.807, 2.05) is 12.1 Å². The van der Waals surface area contributed by atoms with Crippen molar-refractivity contribution in [2.45, 2.75) is 19.4 Å². The molecule has 0 bridgehead atoms. The summed E-state index contributed by atoms with van der Waals surface area (Å²) in [7, 11) is 0. The van der Waals surface area contributed by atoms with Crippen LogP contribution in [0.2, 0.25) is 0 Å². The van der Waals surface area contributed by atoms with E-state index in [4.69, 9.17) is 15.6 Å². The zero-order chi connectivity index (χ0) is 14.5. The zero-order valence-corrected chi connectivity index (χ0v) is 11.3. The molecule has 0 fully saturated rings. The molecule has 0 aliphatic rings. The van der Waals surface area contributed by atoms with Gasteiger partial charge in [0.25, 0.3) is 0 Å². The highest BCUT2D eigenvalue weighted by molar-refractivity contribution is 5.36. The summed E-state index contributed by atoms with van der Waals surface area (Å²) in [6.45, 7) is 1.91. The van der Waals surface area contributed by atoms with Gasteiger partial charge in [0.1, 0.15) is 5.75 Å². The number of hydrogen-bond acceptors (Lipinski definition) is 3. The number of rotatable bonds is 5. The van der Waals surface area contributed by atoms with Gasteiger partial charge in [0.15, 0.2) is 11.6 Å². The minimum atomic E-state index is -0.431. The van der Waals surface area contributed by atoms with Crippen LogP contribution in [-0.4, -0.2) is 11.7 Å². The number of benzene rings is 2. The molecule has 2 aromatic rings. The normalized spacial score (nSPS) is 12.2. The highest BCUT2D eigenvalue weighted by atomic mass is 19.1. The molecule has 0 spiro atoms. The molecule has 1 atom stereocenters. The molecule has 0 heterocycles. The number of hydrogen-bond donors (Lipinski definition) is 2. The Bertz CT molecular complexity index is 567. The van der Waals surface area contributed by atoms with Gasteiger partial charge in [-0.3, -0.25) is 0 Å². The first-order chi connectivity index (χ1) is 9.60. The van der Waals surface area contributed by atoms with Crippen molar-refractivity contribution in [2.75, 3.05) is 6.61 Å². The van der Waals surface area contributed by atoms with E-state index in [1.54, 1.807) is 31.2 Å². The largest absolute Gasteiger partial charge is 0.454 e. The second kappa shape index (κ2) is 6.50. The van der Waals surface area contributed by atoms with E-state index in [1.165, 1.54) is 6.07 Å². The van der Waals surface area contributed by atoms with Gasteiger partial charge in [-0.25, -0.2) is 4.39 Å². The van der Waals surface area contributed by atoms with Crippen LogP contribution in [0.15, 0.2) is 42.5 Å². The number of halogens is 1. The maximum Gasteiger partial charge on any atom is 0.166 e. The zero-order valence-electron chi connectivity index (χ0n) is 11.3. The van der Waals surface area contributed by atoms with Crippen LogP contribution in [0.4, 0.5) is 4.39 Å². The van der Waals surface area contributed by atoms with Crippen LogP contribution in [0, 0.1) is 5.82 Å². The minimum absolute atomic E-state index is 0.105. The minimum Gasteiger partial charge on any atom is -0.454 e. The summed E-state index contributed by atoms with van der Waals surface area (Å²) in [6.07, 6.45) is 0.595. The predicted octanol–water partition coefficient (Wildman–Crippen LogP) is 3.17. The molecular weight excluding hydrogens is 257 g/mol. The summed E-state index contributed by atoms with van der Waals surface area (Å²) in [5, 5.41) is 8.84. The Morgan fingerprint density at radius 1 is 1.20 bits per heavy atom. The summed E-state index contributed by atoms with van der Waals surface area (Å²) in [4.78, 5) is 0. The number of nitrogens with two attached hydrogens (primary N) is 1. The molecular formula is C16H18FNO2. The van der Waals surface area contributed by atoms with Gasteiger partial charge in [-0.05, 0) is 48.7 Å². The Morgan fingerprint density at radius 3 is 2.45 bits per heavy atom. The van der Waals surface area contributed by atoms with E-state index in [2.05, 4.69) is 0 Å². The molecule has 0 aliphatic carbocycles. The standard InChI is InChI=1S/C16H18FNO2/c1-11(18)13-4-7-16(15(17)10-13)20-14-5-2-12(3-6-14)8-9-19/h2-7,10-11,19H,8-9,18H2,1H3. The Hall–Kier alpha value is -1.91. The fourth-order valence-corrected chi connectivity index (χ4v) is 1.86. The van der Waals surface area contributed by atoms with Crippen molar-refractivity contribution in [3.05, 3.63) is 59.4 Å². The van der Waals surface area contributed by atoms with Crippen molar-refractivity contribution in [1.82, 2.24) is 0 Å². The SMILES string of the molecule is CC(N)c1ccc(Oc2ccc(CCO)cc2)c(F)c1. The van der Waals surface area contributed by atoms with Gasteiger partial charge in [-0.15, -0.1) is 0 Å². The van der Waals surface area contributed by atoms with Gasteiger partial charge >= 0.3 is 0 Å².